The summed E-state index contributed by atoms with van der Waals surface area (Å²) in [7, 11) is 0. The highest BCUT2D eigenvalue weighted by Gasteiger charge is 2.23. The third-order valence-corrected chi connectivity index (χ3v) is 6.61. The number of ether oxygens (including phenoxy) is 2. The largest absolute Gasteiger partial charge is 0.379 e. The van der Waals surface area contributed by atoms with Crippen LogP contribution in [0.15, 0.2) is 22.9 Å². The van der Waals surface area contributed by atoms with Crippen molar-refractivity contribution in [3.05, 3.63) is 41.2 Å². The Labute approximate surface area is 201 Å². The van der Waals surface area contributed by atoms with Crippen molar-refractivity contribution in [2.24, 2.45) is 0 Å². The number of hydrogen-bond acceptors (Lipinski definition) is 7. The van der Waals surface area contributed by atoms with Crippen LogP contribution in [0.1, 0.15) is 35.8 Å². The minimum Gasteiger partial charge on any atom is -0.379 e. The van der Waals surface area contributed by atoms with E-state index in [0.717, 1.165) is 69.0 Å². The van der Waals surface area contributed by atoms with Gasteiger partial charge in [-0.1, -0.05) is 5.16 Å². The first-order valence-corrected chi connectivity index (χ1v) is 11.8. The number of morpholine rings is 1. The van der Waals surface area contributed by atoms with Gasteiger partial charge in [-0.3, -0.25) is 9.88 Å². The van der Waals surface area contributed by atoms with E-state index in [-0.39, 0.29) is 12.6 Å². The average molecular weight is 486 g/mol. The summed E-state index contributed by atoms with van der Waals surface area (Å²) in [6.45, 7) is 8.30. The minimum atomic E-state index is -2.83. The Morgan fingerprint density at radius 1 is 1.11 bits per heavy atom. The molecule has 1 aliphatic rings. The number of imidazole rings is 1. The normalized spacial score (nSPS) is 16.1. The van der Waals surface area contributed by atoms with E-state index in [2.05, 4.69) is 16.1 Å². The minimum absolute atomic E-state index is 0.126. The number of hydrogen-bond donors (Lipinski definition) is 0. The Morgan fingerprint density at radius 3 is 2.57 bits per heavy atom. The van der Waals surface area contributed by atoms with Crippen molar-refractivity contribution in [2.75, 3.05) is 32.9 Å². The van der Waals surface area contributed by atoms with Crippen LogP contribution in [0.3, 0.4) is 0 Å². The maximum Gasteiger partial charge on any atom is 0.345 e. The van der Waals surface area contributed by atoms with Gasteiger partial charge in [-0.2, -0.15) is 8.78 Å². The number of pyridine rings is 1. The summed E-state index contributed by atoms with van der Waals surface area (Å²) in [5.41, 5.74) is 6.23. The summed E-state index contributed by atoms with van der Waals surface area (Å²) >= 11 is 0. The van der Waals surface area contributed by atoms with E-state index in [1.54, 1.807) is 6.20 Å². The Bertz CT molecular complexity index is 1340. The zero-order chi connectivity index (χ0) is 24.7. The summed E-state index contributed by atoms with van der Waals surface area (Å²) in [6, 6.07) is 3.78. The van der Waals surface area contributed by atoms with Crippen molar-refractivity contribution in [2.45, 2.75) is 46.9 Å². The number of aromatic nitrogens is 4. The molecule has 4 heterocycles. The second-order valence-electron chi connectivity index (χ2n) is 9.11. The molecular weight excluding hydrogens is 456 g/mol. The van der Waals surface area contributed by atoms with Crippen molar-refractivity contribution in [3.8, 4) is 11.1 Å². The maximum atomic E-state index is 12.9. The fraction of sp³-hybridized carbons (Fsp3) is 0.480. The summed E-state index contributed by atoms with van der Waals surface area (Å²) in [5, 5.41) is 5.01. The Balaban J connectivity index is 1.67. The molecule has 186 valence electrons. The van der Waals surface area contributed by atoms with Gasteiger partial charge in [0, 0.05) is 24.0 Å². The predicted octanol–water partition coefficient (Wildman–Crippen LogP) is 4.80. The second kappa shape index (κ2) is 9.60. The summed E-state index contributed by atoms with van der Waals surface area (Å²) in [5.74, 6) is 1.55. The monoisotopic (exact) mass is 485 g/mol. The summed E-state index contributed by atoms with van der Waals surface area (Å²) in [6.07, 6.45) is 1.75. The average Bonchev–Trinajstić information content (AvgIpc) is 3.37. The standard InChI is InChI=1S/C25H29F2N5O3/c1-14-9-19-20(10-18(14)23-16(3)30-35-17(23)4)28-11-21-24(19)32(15(2)13-34-25(26)27)22(29-21)12-31-5-7-33-8-6-31/h9-11,15,25H,5-8,12-13H2,1-4H3/t15-/m1/s1. The zero-order valence-corrected chi connectivity index (χ0v) is 20.3. The van der Waals surface area contributed by atoms with Gasteiger partial charge in [0.1, 0.15) is 17.1 Å². The topological polar surface area (TPSA) is 78.4 Å². The van der Waals surface area contributed by atoms with E-state index >= 15 is 0 Å². The third kappa shape index (κ3) is 4.53. The molecule has 0 aliphatic carbocycles. The van der Waals surface area contributed by atoms with Crippen molar-refractivity contribution in [1.29, 1.82) is 0 Å². The summed E-state index contributed by atoms with van der Waals surface area (Å²) < 4.78 is 43.4. The first-order chi connectivity index (χ1) is 16.8. The molecule has 0 radical (unpaired) electrons. The summed E-state index contributed by atoms with van der Waals surface area (Å²) in [4.78, 5) is 11.9. The molecular formula is C25H29F2N5O3. The number of rotatable bonds is 7. The molecule has 0 saturated carbocycles. The third-order valence-electron chi connectivity index (χ3n) is 6.61. The molecule has 1 aliphatic heterocycles. The molecule has 0 unspecified atom stereocenters. The van der Waals surface area contributed by atoms with E-state index in [1.807, 2.05) is 38.3 Å². The first-order valence-electron chi connectivity index (χ1n) is 11.8. The Morgan fingerprint density at radius 2 is 1.89 bits per heavy atom. The first kappa shape index (κ1) is 23.8. The van der Waals surface area contributed by atoms with E-state index in [9.17, 15) is 8.78 Å². The van der Waals surface area contributed by atoms with Crippen LogP contribution >= 0.6 is 0 Å². The molecule has 35 heavy (non-hydrogen) atoms. The number of benzene rings is 1. The highest BCUT2D eigenvalue weighted by Crippen LogP contribution is 2.35. The van der Waals surface area contributed by atoms with Gasteiger partial charge in [-0.25, -0.2) is 4.98 Å². The van der Waals surface area contributed by atoms with Crippen molar-refractivity contribution < 1.29 is 22.8 Å². The molecule has 1 saturated heterocycles. The lowest BCUT2D eigenvalue weighted by atomic mass is 9.96. The highest BCUT2D eigenvalue weighted by atomic mass is 19.3. The molecule has 1 fully saturated rings. The number of nitrogens with zero attached hydrogens (tertiary/aromatic N) is 5. The molecule has 0 spiro atoms. The van der Waals surface area contributed by atoms with E-state index < -0.39 is 6.61 Å². The van der Waals surface area contributed by atoms with Gasteiger partial charge in [0.25, 0.3) is 0 Å². The van der Waals surface area contributed by atoms with Gasteiger partial charge in [0.05, 0.1) is 55.3 Å². The molecule has 4 aromatic rings. The Kier molecular flexibility index (Phi) is 6.52. The van der Waals surface area contributed by atoms with E-state index in [4.69, 9.17) is 24.0 Å². The van der Waals surface area contributed by atoms with Crippen LogP contribution in [0.5, 0.6) is 0 Å². The van der Waals surface area contributed by atoms with Gasteiger partial charge < -0.3 is 18.6 Å². The lowest BCUT2D eigenvalue weighted by Crippen LogP contribution is -2.36. The van der Waals surface area contributed by atoms with Crippen LogP contribution in [0.25, 0.3) is 33.1 Å². The van der Waals surface area contributed by atoms with Crippen molar-refractivity contribution >= 4 is 21.9 Å². The second-order valence-corrected chi connectivity index (χ2v) is 9.11. The molecule has 3 aromatic heterocycles. The zero-order valence-electron chi connectivity index (χ0n) is 20.3. The van der Waals surface area contributed by atoms with Crippen molar-refractivity contribution in [3.63, 3.8) is 0 Å². The van der Waals surface area contributed by atoms with Gasteiger partial charge in [0.2, 0.25) is 0 Å². The molecule has 10 heteroatoms. The van der Waals surface area contributed by atoms with Gasteiger partial charge in [0.15, 0.2) is 0 Å². The molecule has 0 bridgehead atoms. The number of aryl methyl sites for hydroxylation is 3. The number of halogens is 2. The van der Waals surface area contributed by atoms with Crippen LogP contribution in [-0.2, 0) is 16.0 Å². The predicted molar refractivity (Wildman–Crippen MR) is 128 cm³/mol. The lowest BCUT2D eigenvalue weighted by Gasteiger charge is -2.27. The fourth-order valence-corrected chi connectivity index (χ4v) is 4.95. The van der Waals surface area contributed by atoms with Gasteiger partial charge >= 0.3 is 6.61 Å². The van der Waals surface area contributed by atoms with Crippen LogP contribution in [0.4, 0.5) is 8.78 Å². The van der Waals surface area contributed by atoms with Crippen LogP contribution < -0.4 is 0 Å². The van der Waals surface area contributed by atoms with E-state index in [0.29, 0.717) is 19.8 Å². The van der Waals surface area contributed by atoms with Crippen LogP contribution in [0.2, 0.25) is 0 Å². The molecule has 0 N–H and O–H groups in total. The molecule has 5 rings (SSSR count). The molecule has 8 nitrogen and oxygen atoms in total. The van der Waals surface area contributed by atoms with Crippen molar-refractivity contribution in [1.82, 2.24) is 24.6 Å². The molecule has 0 amide bonds. The van der Waals surface area contributed by atoms with E-state index in [1.165, 1.54) is 0 Å². The lowest BCUT2D eigenvalue weighted by molar-refractivity contribution is -0.135. The SMILES string of the molecule is Cc1cc2c(cc1-c1c(C)noc1C)ncc1nc(CN3CCOCC3)n([C@H](C)COC(F)F)c12. The number of alkyl halides is 2. The van der Waals surface area contributed by atoms with Crippen LogP contribution in [0, 0.1) is 20.8 Å². The number of fused-ring (bicyclic) bond motifs is 3. The maximum absolute atomic E-state index is 12.9. The smallest absolute Gasteiger partial charge is 0.345 e. The molecule has 1 aromatic carbocycles. The van der Waals surface area contributed by atoms with Gasteiger partial charge in [-0.15, -0.1) is 0 Å². The van der Waals surface area contributed by atoms with Crippen LogP contribution in [-0.4, -0.2) is 64.1 Å². The Hall–Kier alpha value is -2.95. The highest BCUT2D eigenvalue weighted by molar-refractivity contribution is 6.04. The molecule has 1 atom stereocenters. The fourth-order valence-electron chi connectivity index (χ4n) is 4.95. The quantitative estimate of drug-likeness (QED) is 0.372. The van der Waals surface area contributed by atoms with Gasteiger partial charge in [-0.05, 0) is 51.0 Å².